The summed E-state index contributed by atoms with van der Waals surface area (Å²) in [6.45, 7) is 0.784. The number of benzene rings is 1. The largest absolute Gasteiger partial charge is 0.312 e. The number of rotatable bonds is 3. The molecule has 0 bridgehead atoms. The van der Waals surface area contributed by atoms with Crippen LogP contribution in [0.4, 0.5) is 5.69 Å². The quantitative estimate of drug-likeness (QED) is 0.816. The molecule has 0 saturated carbocycles. The van der Waals surface area contributed by atoms with Gasteiger partial charge in [0.1, 0.15) is 0 Å². The SMILES string of the molecule is O=C1CC(CBr)CN1c1cccc(-n2cccn2)c1. The Morgan fingerprint density at radius 1 is 1.32 bits per heavy atom. The van der Waals surface area contributed by atoms with Gasteiger partial charge >= 0.3 is 0 Å². The van der Waals surface area contributed by atoms with Gasteiger partial charge in [-0.05, 0) is 30.2 Å². The maximum Gasteiger partial charge on any atom is 0.227 e. The highest BCUT2D eigenvalue weighted by Gasteiger charge is 2.29. The molecule has 1 aliphatic heterocycles. The van der Waals surface area contributed by atoms with E-state index in [0.29, 0.717) is 12.3 Å². The minimum Gasteiger partial charge on any atom is -0.312 e. The van der Waals surface area contributed by atoms with Gasteiger partial charge in [-0.15, -0.1) is 0 Å². The number of hydrogen-bond acceptors (Lipinski definition) is 2. The summed E-state index contributed by atoms with van der Waals surface area (Å²) in [6, 6.07) is 9.80. The number of amides is 1. The van der Waals surface area contributed by atoms with E-state index in [4.69, 9.17) is 0 Å². The van der Waals surface area contributed by atoms with Crippen LogP contribution in [-0.2, 0) is 4.79 Å². The topological polar surface area (TPSA) is 38.1 Å². The lowest BCUT2D eigenvalue weighted by molar-refractivity contribution is -0.117. The zero-order chi connectivity index (χ0) is 13.2. The standard InChI is InChI=1S/C14H14BrN3O/c15-9-11-7-14(19)17(10-11)12-3-1-4-13(8-12)18-6-2-5-16-18/h1-6,8,11H,7,9-10H2. The lowest BCUT2D eigenvalue weighted by Gasteiger charge is -2.17. The molecule has 1 amide bonds. The van der Waals surface area contributed by atoms with Crippen molar-refractivity contribution in [3.05, 3.63) is 42.7 Å². The third-order valence-electron chi connectivity index (χ3n) is 3.33. The first kappa shape index (κ1) is 12.4. The lowest BCUT2D eigenvalue weighted by Crippen LogP contribution is -2.24. The van der Waals surface area contributed by atoms with Crippen LogP contribution >= 0.6 is 15.9 Å². The van der Waals surface area contributed by atoms with Crippen molar-refractivity contribution in [2.75, 3.05) is 16.8 Å². The van der Waals surface area contributed by atoms with E-state index in [-0.39, 0.29) is 5.91 Å². The molecule has 19 heavy (non-hydrogen) atoms. The molecule has 1 fully saturated rings. The summed E-state index contributed by atoms with van der Waals surface area (Å²) in [4.78, 5) is 13.9. The van der Waals surface area contributed by atoms with Gasteiger partial charge in [0.05, 0.1) is 5.69 Å². The van der Waals surface area contributed by atoms with Gasteiger partial charge in [0.25, 0.3) is 0 Å². The molecule has 0 radical (unpaired) electrons. The van der Waals surface area contributed by atoms with Gasteiger partial charge in [-0.3, -0.25) is 4.79 Å². The van der Waals surface area contributed by atoms with E-state index < -0.39 is 0 Å². The molecule has 2 heterocycles. The Balaban J connectivity index is 1.90. The number of anilines is 1. The number of aromatic nitrogens is 2. The fourth-order valence-corrected chi connectivity index (χ4v) is 2.79. The first-order valence-electron chi connectivity index (χ1n) is 6.24. The molecule has 1 aromatic carbocycles. The Morgan fingerprint density at radius 2 is 2.16 bits per heavy atom. The fraction of sp³-hybridized carbons (Fsp3) is 0.286. The number of halogens is 1. The molecule has 1 unspecified atom stereocenters. The third kappa shape index (κ3) is 2.42. The second-order valence-electron chi connectivity index (χ2n) is 4.70. The number of nitrogens with zero attached hydrogens (tertiary/aromatic N) is 3. The van der Waals surface area contributed by atoms with Crippen molar-refractivity contribution in [1.29, 1.82) is 0 Å². The van der Waals surface area contributed by atoms with E-state index in [1.807, 2.05) is 41.4 Å². The predicted octanol–water partition coefficient (Wildman–Crippen LogP) is 2.62. The number of alkyl halides is 1. The minimum atomic E-state index is 0.196. The molecule has 98 valence electrons. The molecule has 5 heteroatoms. The van der Waals surface area contributed by atoms with E-state index in [9.17, 15) is 4.79 Å². The maximum absolute atomic E-state index is 12.0. The van der Waals surface area contributed by atoms with Gasteiger partial charge < -0.3 is 4.90 Å². The molecule has 1 saturated heterocycles. The Morgan fingerprint density at radius 3 is 2.84 bits per heavy atom. The van der Waals surface area contributed by atoms with Crippen molar-refractivity contribution < 1.29 is 4.79 Å². The van der Waals surface area contributed by atoms with Crippen LogP contribution in [0, 0.1) is 5.92 Å². The fourth-order valence-electron chi connectivity index (χ4n) is 2.36. The van der Waals surface area contributed by atoms with E-state index in [0.717, 1.165) is 23.2 Å². The summed E-state index contributed by atoms with van der Waals surface area (Å²) in [5.74, 6) is 0.600. The number of carbonyl (C=O) groups excluding carboxylic acids is 1. The van der Waals surface area contributed by atoms with Crippen LogP contribution in [-0.4, -0.2) is 27.6 Å². The van der Waals surface area contributed by atoms with E-state index in [2.05, 4.69) is 21.0 Å². The normalized spacial score (nSPS) is 19.1. The summed E-state index contributed by atoms with van der Waals surface area (Å²) < 4.78 is 1.80. The van der Waals surface area contributed by atoms with Crippen molar-refractivity contribution >= 4 is 27.5 Å². The van der Waals surface area contributed by atoms with E-state index >= 15 is 0 Å². The smallest absolute Gasteiger partial charge is 0.227 e. The molecule has 3 rings (SSSR count). The summed E-state index contributed by atoms with van der Waals surface area (Å²) in [6.07, 6.45) is 4.26. The average Bonchev–Trinajstić information content (AvgIpc) is 3.08. The van der Waals surface area contributed by atoms with Gasteiger partial charge in [0.2, 0.25) is 5.91 Å². The Kier molecular flexibility index (Phi) is 3.38. The molecule has 2 aromatic rings. The Labute approximate surface area is 120 Å². The summed E-state index contributed by atoms with van der Waals surface area (Å²) >= 11 is 3.46. The van der Waals surface area contributed by atoms with Crippen molar-refractivity contribution in [3.8, 4) is 5.69 Å². The molecular weight excluding hydrogens is 306 g/mol. The van der Waals surface area contributed by atoms with Gasteiger partial charge in [-0.2, -0.15) is 5.10 Å². The maximum atomic E-state index is 12.0. The van der Waals surface area contributed by atoms with Crippen LogP contribution in [0.25, 0.3) is 5.69 Å². The molecule has 0 aliphatic carbocycles. The second kappa shape index (κ2) is 5.17. The average molecular weight is 320 g/mol. The van der Waals surface area contributed by atoms with Crippen LogP contribution in [0.3, 0.4) is 0 Å². The second-order valence-corrected chi connectivity index (χ2v) is 5.35. The Hall–Kier alpha value is -1.62. The zero-order valence-corrected chi connectivity index (χ0v) is 12.0. The zero-order valence-electron chi connectivity index (χ0n) is 10.4. The molecular formula is C14H14BrN3O. The molecule has 4 nitrogen and oxygen atoms in total. The lowest BCUT2D eigenvalue weighted by atomic mass is 10.2. The molecule has 1 aliphatic rings. The summed E-state index contributed by atoms with van der Waals surface area (Å²) in [5.41, 5.74) is 1.92. The van der Waals surface area contributed by atoms with E-state index in [1.165, 1.54) is 0 Å². The van der Waals surface area contributed by atoms with Gasteiger partial charge in [-0.25, -0.2) is 4.68 Å². The van der Waals surface area contributed by atoms with Gasteiger partial charge in [0, 0.05) is 36.4 Å². The highest BCUT2D eigenvalue weighted by molar-refractivity contribution is 9.09. The van der Waals surface area contributed by atoms with Gasteiger partial charge in [-0.1, -0.05) is 22.0 Å². The van der Waals surface area contributed by atoms with Crippen molar-refractivity contribution in [2.24, 2.45) is 5.92 Å². The van der Waals surface area contributed by atoms with Gasteiger partial charge in [0.15, 0.2) is 0 Å². The highest BCUT2D eigenvalue weighted by Crippen LogP contribution is 2.27. The highest BCUT2D eigenvalue weighted by atomic mass is 79.9. The number of carbonyl (C=O) groups is 1. The van der Waals surface area contributed by atoms with Crippen molar-refractivity contribution in [2.45, 2.75) is 6.42 Å². The molecule has 1 aromatic heterocycles. The summed E-state index contributed by atoms with van der Waals surface area (Å²) in [7, 11) is 0. The Bertz CT molecular complexity index is 582. The van der Waals surface area contributed by atoms with Crippen LogP contribution in [0.5, 0.6) is 0 Å². The predicted molar refractivity (Wildman–Crippen MR) is 77.8 cm³/mol. The van der Waals surface area contributed by atoms with Crippen LogP contribution in [0.15, 0.2) is 42.7 Å². The first-order chi connectivity index (χ1) is 9.28. The van der Waals surface area contributed by atoms with Crippen molar-refractivity contribution in [1.82, 2.24) is 9.78 Å². The molecule has 0 spiro atoms. The summed E-state index contributed by atoms with van der Waals surface area (Å²) in [5, 5.41) is 5.08. The van der Waals surface area contributed by atoms with Crippen LogP contribution in [0.2, 0.25) is 0 Å². The number of hydrogen-bond donors (Lipinski definition) is 0. The van der Waals surface area contributed by atoms with E-state index in [1.54, 1.807) is 10.9 Å². The minimum absolute atomic E-state index is 0.196. The third-order valence-corrected chi connectivity index (χ3v) is 4.25. The van der Waals surface area contributed by atoms with Crippen LogP contribution in [0.1, 0.15) is 6.42 Å². The first-order valence-corrected chi connectivity index (χ1v) is 7.36. The van der Waals surface area contributed by atoms with Crippen molar-refractivity contribution in [3.63, 3.8) is 0 Å². The monoisotopic (exact) mass is 319 g/mol. The molecule has 1 atom stereocenters. The molecule has 0 N–H and O–H groups in total. The van der Waals surface area contributed by atoms with Crippen LogP contribution < -0.4 is 4.90 Å².